The second kappa shape index (κ2) is 6.63. The first-order chi connectivity index (χ1) is 15.0. The van der Waals surface area contributed by atoms with Gasteiger partial charge in [-0.05, 0) is 99.7 Å². The van der Waals surface area contributed by atoms with Crippen LogP contribution in [0.25, 0.3) is 0 Å². The van der Waals surface area contributed by atoms with E-state index < -0.39 is 0 Å². The molecule has 32 heavy (non-hydrogen) atoms. The minimum atomic E-state index is -0.373. The van der Waals surface area contributed by atoms with E-state index in [2.05, 4.69) is 27.7 Å². The third-order valence-corrected chi connectivity index (χ3v) is 11.6. The van der Waals surface area contributed by atoms with Crippen LogP contribution in [0.5, 0.6) is 0 Å². The molecule has 0 aromatic heterocycles. The largest absolute Gasteiger partial charge is 0.455 e. The Balaban J connectivity index is 1.14. The van der Waals surface area contributed by atoms with Gasteiger partial charge in [0.15, 0.2) is 0 Å². The molecule has 176 valence electrons. The van der Waals surface area contributed by atoms with E-state index in [4.69, 9.17) is 9.47 Å². The van der Waals surface area contributed by atoms with Crippen LogP contribution in [0.2, 0.25) is 0 Å². The van der Waals surface area contributed by atoms with Crippen LogP contribution in [0.1, 0.15) is 91.9 Å². The van der Waals surface area contributed by atoms with Gasteiger partial charge < -0.3 is 9.47 Å². The van der Waals surface area contributed by atoms with E-state index in [1.54, 1.807) is 0 Å². The van der Waals surface area contributed by atoms with Crippen LogP contribution in [-0.2, 0) is 19.1 Å². The molecule has 4 atom stereocenters. The summed E-state index contributed by atoms with van der Waals surface area (Å²) in [4.78, 5) is 25.8. The molecule has 8 bridgehead atoms. The van der Waals surface area contributed by atoms with Gasteiger partial charge in [-0.1, -0.05) is 27.7 Å². The van der Waals surface area contributed by atoms with Crippen molar-refractivity contribution in [2.75, 3.05) is 0 Å². The van der Waals surface area contributed by atoms with E-state index in [1.165, 1.54) is 50.7 Å². The van der Waals surface area contributed by atoms with E-state index in [9.17, 15) is 9.59 Å². The van der Waals surface area contributed by atoms with Gasteiger partial charge in [-0.2, -0.15) is 0 Å². The molecular weight excluding hydrogens is 400 g/mol. The highest BCUT2D eigenvalue weighted by Crippen LogP contribution is 2.66. The Morgan fingerprint density at radius 1 is 0.594 bits per heavy atom. The Morgan fingerprint density at radius 3 is 1.22 bits per heavy atom. The van der Waals surface area contributed by atoms with E-state index >= 15 is 0 Å². The van der Waals surface area contributed by atoms with Gasteiger partial charge >= 0.3 is 11.9 Å². The molecular formula is C28H40O4. The van der Waals surface area contributed by atoms with E-state index in [0.29, 0.717) is 35.5 Å². The number of rotatable bonds is 4. The van der Waals surface area contributed by atoms with Gasteiger partial charge in [0.25, 0.3) is 0 Å². The lowest BCUT2D eigenvalue weighted by Crippen LogP contribution is -2.63. The quantitative estimate of drug-likeness (QED) is 0.407. The van der Waals surface area contributed by atoms with Crippen LogP contribution in [0.4, 0.5) is 0 Å². The summed E-state index contributed by atoms with van der Waals surface area (Å²) in [6.45, 7) is 9.15. The molecule has 8 rings (SSSR count). The molecule has 0 aromatic rings. The molecule has 8 aliphatic rings. The zero-order valence-corrected chi connectivity index (χ0v) is 20.3. The number of ether oxygens (including phenoxy) is 2. The summed E-state index contributed by atoms with van der Waals surface area (Å²) in [5.41, 5.74) is -0.717. The van der Waals surface area contributed by atoms with Gasteiger partial charge in [-0.15, -0.1) is 0 Å². The molecule has 4 heteroatoms. The summed E-state index contributed by atoms with van der Waals surface area (Å²) in [5, 5.41) is 0. The standard InChI is InChI=1S/C28H40O4/c1-25(2)21-9-17-7-18(10-21)14-27(25,13-17)31-23(29)5-6-24(30)32-28-15-19-8-20(16-28)12-22(11-19)26(28,3)4/h5-6,17-22H,7-16H2,1-4H3/b6-5+. The highest BCUT2D eigenvalue weighted by molar-refractivity contribution is 5.92. The maximum absolute atomic E-state index is 12.9. The third-order valence-electron chi connectivity index (χ3n) is 11.6. The Bertz CT molecular complexity index is 769. The topological polar surface area (TPSA) is 52.6 Å². The Hall–Kier alpha value is -1.32. The Kier molecular flexibility index (Phi) is 4.40. The lowest BCUT2D eigenvalue weighted by molar-refractivity contribution is -0.233. The normalized spacial score (nSPS) is 48.9. The van der Waals surface area contributed by atoms with Crippen molar-refractivity contribution in [3.63, 3.8) is 0 Å². The molecule has 0 spiro atoms. The van der Waals surface area contributed by atoms with E-state index in [1.807, 2.05) is 0 Å². The first kappa shape index (κ1) is 21.2. The SMILES string of the molecule is CC1(C)C2CC3CC(C2)CC1(OC(=O)/C=C/C(=O)OC12CC4CC(CC(C4)C1(C)C)C2)C3. The van der Waals surface area contributed by atoms with Crippen molar-refractivity contribution in [3.05, 3.63) is 12.2 Å². The first-order valence-electron chi connectivity index (χ1n) is 13.2. The fourth-order valence-corrected chi connectivity index (χ4v) is 9.82. The lowest BCUT2D eigenvalue weighted by Gasteiger charge is -2.64. The van der Waals surface area contributed by atoms with Crippen LogP contribution >= 0.6 is 0 Å². The Morgan fingerprint density at radius 2 is 0.906 bits per heavy atom. The van der Waals surface area contributed by atoms with Crippen LogP contribution in [0, 0.1) is 46.3 Å². The van der Waals surface area contributed by atoms with E-state index in [0.717, 1.165) is 25.7 Å². The molecule has 4 nitrogen and oxygen atoms in total. The van der Waals surface area contributed by atoms with Crippen molar-refractivity contribution < 1.29 is 19.1 Å². The smallest absolute Gasteiger partial charge is 0.331 e. The molecule has 4 unspecified atom stereocenters. The van der Waals surface area contributed by atoms with Crippen LogP contribution in [0.3, 0.4) is 0 Å². The summed E-state index contributed by atoms with van der Waals surface area (Å²) < 4.78 is 12.4. The van der Waals surface area contributed by atoms with Gasteiger partial charge in [-0.3, -0.25) is 0 Å². The summed E-state index contributed by atoms with van der Waals surface area (Å²) >= 11 is 0. The maximum atomic E-state index is 12.9. The molecule has 0 radical (unpaired) electrons. The van der Waals surface area contributed by atoms with Gasteiger partial charge in [0, 0.05) is 23.0 Å². The van der Waals surface area contributed by atoms with Crippen molar-refractivity contribution in [2.45, 2.75) is 103 Å². The summed E-state index contributed by atoms with van der Waals surface area (Å²) in [5.74, 6) is 3.33. The monoisotopic (exact) mass is 440 g/mol. The van der Waals surface area contributed by atoms with Crippen molar-refractivity contribution in [1.82, 2.24) is 0 Å². The van der Waals surface area contributed by atoms with Gasteiger partial charge in [0.2, 0.25) is 0 Å². The van der Waals surface area contributed by atoms with Gasteiger partial charge in [0.05, 0.1) is 0 Å². The van der Waals surface area contributed by atoms with Crippen molar-refractivity contribution in [1.29, 1.82) is 0 Å². The number of hydrogen-bond donors (Lipinski definition) is 0. The predicted molar refractivity (Wildman–Crippen MR) is 121 cm³/mol. The Labute approximate surface area is 192 Å². The lowest BCUT2D eigenvalue weighted by atomic mass is 9.44. The molecule has 0 amide bonds. The van der Waals surface area contributed by atoms with Crippen LogP contribution in [-0.4, -0.2) is 23.1 Å². The molecule has 0 saturated heterocycles. The molecule has 8 aliphatic carbocycles. The van der Waals surface area contributed by atoms with Gasteiger partial charge in [0.1, 0.15) is 11.2 Å². The second-order valence-corrected chi connectivity index (χ2v) is 13.7. The fraction of sp³-hybridized carbons (Fsp3) is 0.857. The van der Waals surface area contributed by atoms with Crippen LogP contribution in [0.15, 0.2) is 12.2 Å². The number of carbonyl (C=O) groups is 2. The molecule has 0 aromatic carbocycles. The molecule has 0 aliphatic heterocycles. The summed E-state index contributed by atoms with van der Waals surface area (Å²) in [6.07, 6.45) is 14.3. The van der Waals surface area contributed by atoms with E-state index in [-0.39, 0.29) is 34.0 Å². The summed E-state index contributed by atoms with van der Waals surface area (Å²) in [6, 6.07) is 0. The number of carbonyl (C=O) groups excluding carboxylic acids is 2. The third kappa shape index (κ3) is 2.86. The van der Waals surface area contributed by atoms with Crippen LogP contribution < -0.4 is 0 Å². The zero-order valence-electron chi connectivity index (χ0n) is 20.3. The zero-order chi connectivity index (χ0) is 22.5. The average molecular weight is 441 g/mol. The van der Waals surface area contributed by atoms with Crippen molar-refractivity contribution in [2.24, 2.45) is 46.3 Å². The minimum absolute atomic E-state index is 0.00759. The number of hydrogen-bond acceptors (Lipinski definition) is 4. The molecule has 0 heterocycles. The molecule has 8 fully saturated rings. The predicted octanol–water partition coefficient (Wildman–Crippen LogP) is 5.84. The average Bonchev–Trinajstić information content (AvgIpc) is 2.68. The molecule has 8 saturated carbocycles. The first-order valence-corrected chi connectivity index (χ1v) is 13.2. The van der Waals surface area contributed by atoms with Gasteiger partial charge in [-0.25, -0.2) is 9.59 Å². The number of esters is 2. The summed E-state index contributed by atoms with van der Waals surface area (Å²) in [7, 11) is 0. The van der Waals surface area contributed by atoms with Crippen molar-refractivity contribution in [3.8, 4) is 0 Å². The highest BCUT2D eigenvalue weighted by Gasteiger charge is 2.64. The fourth-order valence-electron chi connectivity index (χ4n) is 9.82. The minimum Gasteiger partial charge on any atom is -0.455 e. The highest BCUT2D eigenvalue weighted by atomic mass is 16.6. The van der Waals surface area contributed by atoms with Crippen molar-refractivity contribution >= 4 is 11.9 Å². The maximum Gasteiger partial charge on any atom is 0.331 e. The second-order valence-electron chi connectivity index (χ2n) is 13.7. The molecule has 0 N–H and O–H groups in total.